The van der Waals surface area contributed by atoms with E-state index in [0.29, 0.717) is 12.1 Å². The molecule has 4 nitrogen and oxygen atoms in total. The molecule has 0 fully saturated rings. The highest BCUT2D eigenvalue weighted by molar-refractivity contribution is 5.86. The number of anilines is 1. The number of carboxylic acids is 1. The van der Waals surface area contributed by atoms with Gasteiger partial charge in [-0.05, 0) is 18.2 Å². The Morgan fingerprint density at radius 3 is 2.69 bits per heavy atom. The molecule has 4 heteroatoms. The third kappa shape index (κ3) is 2.23. The van der Waals surface area contributed by atoms with E-state index in [9.17, 15) is 4.79 Å². The Balaban J connectivity index is 2.05. The number of benzene rings is 1. The number of furan rings is 1. The van der Waals surface area contributed by atoms with Gasteiger partial charge in [0.2, 0.25) is 5.76 Å². The lowest BCUT2D eigenvalue weighted by atomic mass is 10.2. The molecular formula is C12H11NO3. The number of para-hydroxylation sites is 1. The molecule has 2 N–H and O–H groups in total. The molecule has 1 aromatic heterocycles. The van der Waals surface area contributed by atoms with Crippen molar-refractivity contribution < 1.29 is 14.3 Å². The fourth-order valence-corrected chi connectivity index (χ4v) is 1.42. The highest BCUT2D eigenvalue weighted by Gasteiger charge is 2.12. The predicted octanol–water partition coefficient (Wildman–Crippen LogP) is 2.59. The third-order valence-corrected chi connectivity index (χ3v) is 2.20. The molecule has 2 aromatic rings. The van der Waals surface area contributed by atoms with E-state index in [1.54, 1.807) is 6.07 Å². The molecule has 0 radical (unpaired) electrons. The second kappa shape index (κ2) is 4.53. The normalized spacial score (nSPS) is 10.0. The fraction of sp³-hybridized carbons (Fsp3) is 0.0833. The quantitative estimate of drug-likeness (QED) is 0.826. The van der Waals surface area contributed by atoms with Crippen LogP contribution in [0, 0.1) is 0 Å². The van der Waals surface area contributed by atoms with Gasteiger partial charge in [0.1, 0.15) is 0 Å². The van der Waals surface area contributed by atoms with Crippen molar-refractivity contribution in [3.63, 3.8) is 0 Å². The van der Waals surface area contributed by atoms with Crippen LogP contribution >= 0.6 is 0 Å². The Morgan fingerprint density at radius 1 is 1.25 bits per heavy atom. The summed E-state index contributed by atoms with van der Waals surface area (Å²) in [5, 5.41) is 11.9. The van der Waals surface area contributed by atoms with E-state index in [1.807, 2.05) is 30.3 Å². The maximum Gasteiger partial charge on any atom is 0.372 e. The van der Waals surface area contributed by atoms with Crippen molar-refractivity contribution in [2.45, 2.75) is 6.54 Å². The molecule has 0 saturated carbocycles. The van der Waals surface area contributed by atoms with E-state index in [-0.39, 0.29) is 5.76 Å². The molecule has 0 aliphatic rings. The zero-order valence-corrected chi connectivity index (χ0v) is 8.51. The summed E-state index contributed by atoms with van der Waals surface area (Å²) in [6.07, 6.45) is 1.38. The van der Waals surface area contributed by atoms with Gasteiger partial charge in [0.15, 0.2) is 0 Å². The SMILES string of the molecule is O=C(O)c1occc1CNc1ccccc1. The van der Waals surface area contributed by atoms with Gasteiger partial charge in [-0.25, -0.2) is 4.79 Å². The van der Waals surface area contributed by atoms with Crippen LogP contribution in [0.2, 0.25) is 0 Å². The van der Waals surface area contributed by atoms with Gasteiger partial charge in [-0.2, -0.15) is 0 Å². The minimum atomic E-state index is -1.05. The van der Waals surface area contributed by atoms with E-state index in [1.165, 1.54) is 6.26 Å². The van der Waals surface area contributed by atoms with Crippen LogP contribution in [0.1, 0.15) is 16.1 Å². The molecule has 0 bridgehead atoms. The monoisotopic (exact) mass is 217 g/mol. The molecule has 1 heterocycles. The van der Waals surface area contributed by atoms with Crippen LogP contribution in [0.5, 0.6) is 0 Å². The lowest BCUT2D eigenvalue weighted by Gasteiger charge is -2.04. The summed E-state index contributed by atoms with van der Waals surface area (Å²) in [5.41, 5.74) is 1.58. The Labute approximate surface area is 92.5 Å². The zero-order chi connectivity index (χ0) is 11.4. The van der Waals surface area contributed by atoms with E-state index in [0.717, 1.165) is 5.69 Å². The maximum atomic E-state index is 10.8. The molecule has 0 saturated heterocycles. The minimum Gasteiger partial charge on any atom is -0.475 e. The number of hydrogen-bond donors (Lipinski definition) is 2. The Morgan fingerprint density at radius 2 is 2.00 bits per heavy atom. The van der Waals surface area contributed by atoms with Gasteiger partial charge in [0, 0.05) is 17.8 Å². The van der Waals surface area contributed by atoms with Gasteiger partial charge in [-0.3, -0.25) is 0 Å². The molecule has 1 aromatic carbocycles. The second-order valence-electron chi connectivity index (χ2n) is 3.30. The van der Waals surface area contributed by atoms with Gasteiger partial charge in [0.25, 0.3) is 0 Å². The first-order chi connectivity index (χ1) is 7.77. The van der Waals surface area contributed by atoms with Crippen molar-refractivity contribution in [3.8, 4) is 0 Å². The lowest BCUT2D eigenvalue weighted by molar-refractivity contribution is 0.0661. The van der Waals surface area contributed by atoms with Crippen LogP contribution in [-0.4, -0.2) is 11.1 Å². The molecule has 0 aliphatic carbocycles. The van der Waals surface area contributed by atoms with Gasteiger partial charge in [-0.1, -0.05) is 18.2 Å². The molecule has 16 heavy (non-hydrogen) atoms. The number of nitrogens with one attached hydrogen (secondary N) is 1. The van der Waals surface area contributed by atoms with Crippen LogP contribution < -0.4 is 5.32 Å². The molecule has 0 unspecified atom stereocenters. The van der Waals surface area contributed by atoms with E-state index in [4.69, 9.17) is 9.52 Å². The molecule has 82 valence electrons. The summed E-state index contributed by atoms with van der Waals surface area (Å²) in [6.45, 7) is 0.433. The minimum absolute atomic E-state index is 0.0107. The summed E-state index contributed by atoms with van der Waals surface area (Å²) < 4.78 is 4.87. The van der Waals surface area contributed by atoms with Crippen molar-refractivity contribution in [1.82, 2.24) is 0 Å². The Bertz CT molecular complexity index is 476. The largest absolute Gasteiger partial charge is 0.475 e. The zero-order valence-electron chi connectivity index (χ0n) is 8.51. The van der Waals surface area contributed by atoms with Crippen molar-refractivity contribution in [2.24, 2.45) is 0 Å². The van der Waals surface area contributed by atoms with Crippen LogP contribution in [0.4, 0.5) is 5.69 Å². The van der Waals surface area contributed by atoms with E-state index in [2.05, 4.69) is 5.32 Å². The summed E-state index contributed by atoms with van der Waals surface area (Å²) in [7, 11) is 0. The number of aromatic carboxylic acids is 1. The molecule has 0 aliphatic heterocycles. The van der Waals surface area contributed by atoms with Crippen molar-refractivity contribution in [3.05, 3.63) is 54.0 Å². The number of hydrogen-bond acceptors (Lipinski definition) is 3. The number of rotatable bonds is 4. The first kappa shape index (κ1) is 10.3. The van der Waals surface area contributed by atoms with Crippen molar-refractivity contribution >= 4 is 11.7 Å². The Hall–Kier alpha value is -2.23. The van der Waals surface area contributed by atoms with Crippen LogP contribution in [-0.2, 0) is 6.54 Å². The smallest absolute Gasteiger partial charge is 0.372 e. The van der Waals surface area contributed by atoms with Crippen LogP contribution in [0.25, 0.3) is 0 Å². The van der Waals surface area contributed by atoms with Crippen LogP contribution in [0.15, 0.2) is 47.1 Å². The summed E-state index contributed by atoms with van der Waals surface area (Å²) in [6, 6.07) is 11.2. The number of carbonyl (C=O) groups is 1. The average Bonchev–Trinajstić information content (AvgIpc) is 2.76. The van der Waals surface area contributed by atoms with Gasteiger partial charge in [0.05, 0.1) is 6.26 Å². The van der Waals surface area contributed by atoms with Gasteiger partial charge >= 0.3 is 5.97 Å². The fourth-order valence-electron chi connectivity index (χ4n) is 1.42. The van der Waals surface area contributed by atoms with Crippen molar-refractivity contribution in [1.29, 1.82) is 0 Å². The van der Waals surface area contributed by atoms with Gasteiger partial charge in [-0.15, -0.1) is 0 Å². The Kier molecular flexibility index (Phi) is 2.91. The third-order valence-electron chi connectivity index (χ3n) is 2.20. The first-order valence-corrected chi connectivity index (χ1v) is 4.86. The van der Waals surface area contributed by atoms with Crippen molar-refractivity contribution in [2.75, 3.05) is 5.32 Å². The number of carboxylic acid groups (broad SMARTS) is 1. The molecular weight excluding hydrogens is 206 g/mol. The maximum absolute atomic E-state index is 10.8. The highest BCUT2D eigenvalue weighted by Crippen LogP contribution is 2.13. The second-order valence-corrected chi connectivity index (χ2v) is 3.30. The topological polar surface area (TPSA) is 62.5 Å². The summed E-state index contributed by atoms with van der Waals surface area (Å²) >= 11 is 0. The molecule has 0 spiro atoms. The summed E-state index contributed by atoms with van der Waals surface area (Å²) in [5.74, 6) is -1.06. The van der Waals surface area contributed by atoms with E-state index < -0.39 is 5.97 Å². The summed E-state index contributed by atoms with van der Waals surface area (Å²) in [4.78, 5) is 10.8. The highest BCUT2D eigenvalue weighted by atomic mass is 16.4. The van der Waals surface area contributed by atoms with E-state index >= 15 is 0 Å². The predicted molar refractivity (Wildman–Crippen MR) is 59.4 cm³/mol. The molecule has 0 amide bonds. The average molecular weight is 217 g/mol. The molecule has 2 rings (SSSR count). The van der Waals surface area contributed by atoms with Gasteiger partial charge < -0.3 is 14.8 Å². The molecule has 0 atom stereocenters. The standard InChI is InChI=1S/C12H11NO3/c14-12(15)11-9(6-7-16-11)8-13-10-4-2-1-3-5-10/h1-7,13H,8H2,(H,14,15). The first-order valence-electron chi connectivity index (χ1n) is 4.86. The lowest BCUT2D eigenvalue weighted by Crippen LogP contribution is -2.04. The van der Waals surface area contributed by atoms with Crippen LogP contribution in [0.3, 0.4) is 0 Å².